The van der Waals surface area contributed by atoms with Crippen molar-refractivity contribution in [1.82, 2.24) is 0 Å². The van der Waals surface area contributed by atoms with Crippen LogP contribution in [-0.2, 0) is 14.3 Å². The molecule has 0 rings (SSSR count). The van der Waals surface area contributed by atoms with Crippen LogP contribution in [0.5, 0.6) is 0 Å². The molecular formula is C40H70O4. The standard InChI is InChI=1S/C40H70O4/c1-3-5-7-9-11-13-14-15-16-17-18-19-20-22-24-29-33-37-40(43)44-38(35-31-27-25-28-32-36-39(41)42)34-30-26-23-21-12-10-8-6-4-2/h5,7,11,13,15-16,18-19,38H,3-4,6,8-10,12,14,17,20-37H2,1-2H3,(H,41,42)/b7-5-,13-11-,16-15-,19-18-. The summed E-state index contributed by atoms with van der Waals surface area (Å²) in [4.78, 5) is 23.3. The molecule has 1 atom stereocenters. The van der Waals surface area contributed by atoms with Gasteiger partial charge >= 0.3 is 11.9 Å². The summed E-state index contributed by atoms with van der Waals surface area (Å²) in [6, 6.07) is 0. The molecule has 1 unspecified atom stereocenters. The molecule has 254 valence electrons. The molecule has 0 aliphatic carbocycles. The number of rotatable bonds is 33. The lowest BCUT2D eigenvalue weighted by atomic mass is 10.0. The molecule has 4 nitrogen and oxygen atoms in total. The number of ether oxygens (including phenoxy) is 1. The van der Waals surface area contributed by atoms with Gasteiger partial charge in [-0.2, -0.15) is 0 Å². The van der Waals surface area contributed by atoms with Crippen LogP contribution >= 0.6 is 0 Å². The largest absolute Gasteiger partial charge is 0.481 e. The number of aliphatic carboxylic acids is 1. The third kappa shape index (κ3) is 34.4. The van der Waals surface area contributed by atoms with Crippen LogP contribution in [0.1, 0.15) is 187 Å². The zero-order valence-electron chi connectivity index (χ0n) is 29.0. The van der Waals surface area contributed by atoms with Gasteiger partial charge in [0.25, 0.3) is 0 Å². The number of carbonyl (C=O) groups excluding carboxylic acids is 1. The van der Waals surface area contributed by atoms with E-state index in [1.807, 2.05) is 0 Å². The Balaban J connectivity index is 4.06. The molecule has 0 aromatic rings. The Morgan fingerprint density at radius 1 is 0.523 bits per heavy atom. The zero-order chi connectivity index (χ0) is 32.2. The number of esters is 1. The van der Waals surface area contributed by atoms with E-state index in [1.54, 1.807) is 0 Å². The van der Waals surface area contributed by atoms with E-state index in [2.05, 4.69) is 62.5 Å². The third-order valence-corrected chi connectivity index (χ3v) is 8.07. The molecule has 0 spiro atoms. The molecule has 0 aliphatic heterocycles. The van der Waals surface area contributed by atoms with Crippen molar-refractivity contribution < 1.29 is 19.4 Å². The van der Waals surface area contributed by atoms with Crippen molar-refractivity contribution >= 4 is 11.9 Å². The first-order valence-electron chi connectivity index (χ1n) is 18.6. The molecule has 44 heavy (non-hydrogen) atoms. The summed E-state index contributed by atoms with van der Waals surface area (Å²) in [5, 5.41) is 8.79. The van der Waals surface area contributed by atoms with E-state index in [4.69, 9.17) is 9.84 Å². The van der Waals surface area contributed by atoms with E-state index in [0.717, 1.165) is 103 Å². The van der Waals surface area contributed by atoms with E-state index in [0.29, 0.717) is 6.42 Å². The molecule has 0 saturated heterocycles. The van der Waals surface area contributed by atoms with Gasteiger partial charge in [0.15, 0.2) is 0 Å². The van der Waals surface area contributed by atoms with Crippen molar-refractivity contribution in [2.24, 2.45) is 0 Å². The van der Waals surface area contributed by atoms with Crippen molar-refractivity contribution in [3.05, 3.63) is 48.6 Å². The first-order chi connectivity index (χ1) is 21.6. The van der Waals surface area contributed by atoms with Crippen LogP contribution in [0.4, 0.5) is 0 Å². The fourth-order valence-corrected chi connectivity index (χ4v) is 5.35. The molecule has 0 amide bonds. The summed E-state index contributed by atoms with van der Waals surface area (Å²) in [5.74, 6) is -0.727. The predicted octanol–water partition coefficient (Wildman–Crippen LogP) is 12.8. The van der Waals surface area contributed by atoms with E-state index in [9.17, 15) is 9.59 Å². The van der Waals surface area contributed by atoms with E-state index < -0.39 is 5.97 Å². The molecule has 0 saturated carbocycles. The Morgan fingerprint density at radius 3 is 1.48 bits per heavy atom. The SMILES string of the molecule is CC/C=C\C/C=C\C/C=C\C/C=C\CCCCCCC(=O)OC(CCCCCCCCCCC)CCCCCCCC(=O)O. The van der Waals surface area contributed by atoms with Crippen molar-refractivity contribution in [3.63, 3.8) is 0 Å². The number of hydrogen-bond donors (Lipinski definition) is 1. The molecular weight excluding hydrogens is 544 g/mol. The minimum atomic E-state index is -0.705. The van der Waals surface area contributed by atoms with Gasteiger partial charge in [0, 0.05) is 12.8 Å². The predicted molar refractivity (Wildman–Crippen MR) is 190 cm³/mol. The average Bonchev–Trinajstić information content (AvgIpc) is 3.00. The number of unbranched alkanes of at least 4 members (excludes halogenated alkanes) is 16. The van der Waals surface area contributed by atoms with Gasteiger partial charge in [-0.25, -0.2) is 0 Å². The first kappa shape index (κ1) is 41.9. The minimum Gasteiger partial charge on any atom is -0.481 e. The maximum Gasteiger partial charge on any atom is 0.306 e. The highest BCUT2D eigenvalue weighted by atomic mass is 16.5. The molecule has 0 radical (unpaired) electrons. The first-order valence-corrected chi connectivity index (χ1v) is 18.6. The maximum atomic E-state index is 12.6. The van der Waals surface area contributed by atoms with Gasteiger partial charge in [-0.1, -0.05) is 146 Å². The molecule has 0 aliphatic rings. The highest BCUT2D eigenvalue weighted by Gasteiger charge is 2.14. The van der Waals surface area contributed by atoms with Crippen LogP contribution in [0.15, 0.2) is 48.6 Å². The maximum absolute atomic E-state index is 12.6. The van der Waals surface area contributed by atoms with Crippen LogP contribution in [0.25, 0.3) is 0 Å². The topological polar surface area (TPSA) is 63.6 Å². The van der Waals surface area contributed by atoms with Crippen molar-refractivity contribution in [3.8, 4) is 0 Å². The second kappa shape index (κ2) is 35.4. The summed E-state index contributed by atoms with van der Waals surface area (Å²) in [6.07, 6.45) is 46.9. The fourth-order valence-electron chi connectivity index (χ4n) is 5.35. The quantitative estimate of drug-likeness (QED) is 0.0454. The summed E-state index contributed by atoms with van der Waals surface area (Å²) < 4.78 is 5.97. The molecule has 0 bridgehead atoms. The Labute approximate surface area is 272 Å². The van der Waals surface area contributed by atoms with Gasteiger partial charge in [-0.3, -0.25) is 9.59 Å². The summed E-state index contributed by atoms with van der Waals surface area (Å²) in [5.41, 5.74) is 0. The van der Waals surface area contributed by atoms with Crippen molar-refractivity contribution in [2.45, 2.75) is 193 Å². The van der Waals surface area contributed by atoms with Crippen LogP contribution in [0.3, 0.4) is 0 Å². The summed E-state index contributed by atoms with van der Waals surface area (Å²) in [6.45, 7) is 4.42. The molecule has 1 N–H and O–H groups in total. The fraction of sp³-hybridized carbons (Fsp3) is 0.750. The number of hydrogen-bond acceptors (Lipinski definition) is 3. The van der Waals surface area contributed by atoms with Crippen LogP contribution < -0.4 is 0 Å². The smallest absolute Gasteiger partial charge is 0.306 e. The lowest BCUT2D eigenvalue weighted by Gasteiger charge is -2.18. The monoisotopic (exact) mass is 615 g/mol. The number of carboxylic acid groups (broad SMARTS) is 1. The van der Waals surface area contributed by atoms with Gasteiger partial charge < -0.3 is 9.84 Å². The van der Waals surface area contributed by atoms with Gasteiger partial charge in [-0.05, 0) is 77.0 Å². The summed E-state index contributed by atoms with van der Waals surface area (Å²) in [7, 11) is 0. The number of carboxylic acids is 1. The molecule has 0 heterocycles. The van der Waals surface area contributed by atoms with Crippen LogP contribution in [-0.4, -0.2) is 23.1 Å². The normalized spacial score (nSPS) is 12.8. The van der Waals surface area contributed by atoms with E-state index >= 15 is 0 Å². The Kier molecular flexibility index (Phi) is 33.7. The molecule has 0 aromatic carbocycles. The van der Waals surface area contributed by atoms with Crippen molar-refractivity contribution in [2.75, 3.05) is 0 Å². The Hall–Kier alpha value is -2.10. The Bertz CT molecular complexity index is 748. The van der Waals surface area contributed by atoms with Gasteiger partial charge in [0.05, 0.1) is 0 Å². The second-order valence-electron chi connectivity index (χ2n) is 12.4. The van der Waals surface area contributed by atoms with Gasteiger partial charge in [-0.15, -0.1) is 0 Å². The van der Waals surface area contributed by atoms with Crippen molar-refractivity contribution in [1.29, 1.82) is 0 Å². The molecule has 0 aromatic heterocycles. The van der Waals surface area contributed by atoms with E-state index in [1.165, 1.54) is 57.8 Å². The number of allylic oxidation sites excluding steroid dienone is 8. The summed E-state index contributed by atoms with van der Waals surface area (Å²) >= 11 is 0. The van der Waals surface area contributed by atoms with Gasteiger partial charge in [0.2, 0.25) is 0 Å². The highest BCUT2D eigenvalue weighted by molar-refractivity contribution is 5.69. The zero-order valence-corrected chi connectivity index (χ0v) is 29.0. The average molecular weight is 615 g/mol. The third-order valence-electron chi connectivity index (χ3n) is 8.07. The van der Waals surface area contributed by atoms with Crippen LogP contribution in [0.2, 0.25) is 0 Å². The van der Waals surface area contributed by atoms with E-state index in [-0.39, 0.29) is 18.5 Å². The molecule has 0 fully saturated rings. The number of carbonyl (C=O) groups is 2. The second-order valence-corrected chi connectivity index (χ2v) is 12.4. The van der Waals surface area contributed by atoms with Gasteiger partial charge in [0.1, 0.15) is 6.10 Å². The minimum absolute atomic E-state index is 0.0219. The van der Waals surface area contributed by atoms with Crippen LogP contribution in [0, 0.1) is 0 Å². The molecule has 4 heteroatoms. The Morgan fingerprint density at radius 2 is 0.955 bits per heavy atom. The lowest BCUT2D eigenvalue weighted by Crippen LogP contribution is -2.18. The lowest BCUT2D eigenvalue weighted by molar-refractivity contribution is -0.150. The highest BCUT2D eigenvalue weighted by Crippen LogP contribution is 2.18.